The van der Waals surface area contributed by atoms with E-state index in [9.17, 15) is 8.78 Å². The summed E-state index contributed by atoms with van der Waals surface area (Å²) in [5.74, 6) is 0. The van der Waals surface area contributed by atoms with Gasteiger partial charge in [0, 0.05) is 14.2 Å². The average molecular weight is 278 g/mol. The minimum absolute atomic E-state index is 0.396. The topological polar surface area (TPSA) is 18.5 Å². The van der Waals surface area contributed by atoms with Crippen molar-refractivity contribution in [2.24, 2.45) is 0 Å². The van der Waals surface area contributed by atoms with Crippen LogP contribution in [-0.2, 0) is 9.47 Å². The van der Waals surface area contributed by atoms with E-state index in [1.165, 1.54) is 7.11 Å². The van der Waals surface area contributed by atoms with E-state index in [4.69, 9.17) is 4.74 Å². The van der Waals surface area contributed by atoms with Gasteiger partial charge < -0.3 is 9.47 Å². The van der Waals surface area contributed by atoms with Gasteiger partial charge in [-0.25, -0.2) is 0 Å². The number of hydrogen-bond donors (Lipinski definition) is 0. The lowest BCUT2D eigenvalue weighted by molar-refractivity contribution is -0.284. The highest BCUT2D eigenvalue weighted by Crippen LogP contribution is 2.39. The number of methoxy groups -OCH3 is 2. The summed E-state index contributed by atoms with van der Waals surface area (Å²) >= 11 is 0. The van der Waals surface area contributed by atoms with Crippen molar-refractivity contribution in [1.29, 1.82) is 0 Å². The molecule has 106 valence electrons. The molecule has 0 saturated heterocycles. The zero-order chi connectivity index (χ0) is 14.6. The Bertz CT molecular complexity index is 555. The second-order valence-electron chi connectivity index (χ2n) is 4.33. The Kier molecular flexibility index (Phi) is 4.47. The summed E-state index contributed by atoms with van der Waals surface area (Å²) in [6.07, 6.45) is -4.84. The number of ether oxygens (including phenoxy) is 2. The van der Waals surface area contributed by atoms with Crippen LogP contribution in [0.4, 0.5) is 8.78 Å². The highest BCUT2D eigenvalue weighted by Gasteiger charge is 2.42. The summed E-state index contributed by atoms with van der Waals surface area (Å²) in [5.41, 5.74) is 1.96. The summed E-state index contributed by atoms with van der Waals surface area (Å²) < 4.78 is 37.0. The van der Waals surface area contributed by atoms with Crippen LogP contribution in [0.25, 0.3) is 11.1 Å². The largest absolute Gasteiger partial charge is 0.385 e. The first-order chi connectivity index (χ1) is 9.60. The quantitative estimate of drug-likeness (QED) is 0.812. The molecule has 0 bridgehead atoms. The minimum atomic E-state index is -3.39. The normalized spacial score (nSPS) is 13.2. The van der Waals surface area contributed by atoms with Crippen LogP contribution in [0.15, 0.2) is 54.6 Å². The molecule has 0 fully saturated rings. The molecule has 0 N–H and O–H groups in total. The van der Waals surface area contributed by atoms with Crippen LogP contribution in [-0.4, -0.2) is 20.3 Å². The van der Waals surface area contributed by atoms with E-state index in [2.05, 4.69) is 4.74 Å². The molecule has 0 spiro atoms. The van der Waals surface area contributed by atoms with Gasteiger partial charge in [-0.1, -0.05) is 54.6 Å². The fourth-order valence-corrected chi connectivity index (χ4v) is 2.16. The first-order valence-corrected chi connectivity index (χ1v) is 6.20. The summed E-state index contributed by atoms with van der Waals surface area (Å²) in [6.45, 7) is 0. The van der Waals surface area contributed by atoms with Crippen molar-refractivity contribution in [3.63, 3.8) is 0 Å². The first kappa shape index (κ1) is 14.6. The summed E-state index contributed by atoms with van der Waals surface area (Å²) in [4.78, 5) is 0. The molecule has 2 aromatic rings. The van der Waals surface area contributed by atoms with E-state index in [1.54, 1.807) is 18.2 Å². The summed E-state index contributed by atoms with van der Waals surface area (Å²) in [6, 6.07) is 16.3. The second-order valence-corrected chi connectivity index (χ2v) is 4.33. The molecule has 0 heterocycles. The maximum Gasteiger partial charge on any atom is 0.385 e. The SMILES string of the molecule is COC(c1ccccc1-c1ccccc1)C(F)(F)OC. The molecule has 0 aromatic heterocycles. The number of hydrogen-bond acceptors (Lipinski definition) is 2. The molecular weight excluding hydrogens is 262 g/mol. The molecule has 2 rings (SSSR count). The van der Waals surface area contributed by atoms with Gasteiger partial charge in [0.2, 0.25) is 0 Å². The minimum Gasteiger partial charge on any atom is -0.368 e. The van der Waals surface area contributed by atoms with Crippen LogP contribution < -0.4 is 0 Å². The lowest BCUT2D eigenvalue weighted by Gasteiger charge is -2.26. The second kappa shape index (κ2) is 6.11. The van der Waals surface area contributed by atoms with Gasteiger partial charge in [0.1, 0.15) is 0 Å². The van der Waals surface area contributed by atoms with Crippen molar-refractivity contribution in [3.05, 3.63) is 60.2 Å². The van der Waals surface area contributed by atoms with E-state index in [0.717, 1.165) is 12.7 Å². The van der Waals surface area contributed by atoms with Crippen LogP contribution in [0.5, 0.6) is 0 Å². The van der Waals surface area contributed by atoms with E-state index in [1.807, 2.05) is 36.4 Å². The highest BCUT2D eigenvalue weighted by molar-refractivity contribution is 5.67. The van der Waals surface area contributed by atoms with Gasteiger partial charge in [-0.15, -0.1) is 0 Å². The highest BCUT2D eigenvalue weighted by atomic mass is 19.3. The molecule has 2 aromatic carbocycles. The van der Waals surface area contributed by atoms with Gasteiger partial charge in [0.25, 0.3) is 0 Å². The number of rotatable bonds is 5. The number of benzene rings is 2. The molecule has 0 aliphatic heterocycles. The van der Waals surface area contributed by atoms with Crippen LogP contribution >= 0.6 is 0 Å². The number of alkyl halides is 2. The maximum absolute atomic E-state index is 13.9. The average Bonchev–Trinajstić information content (AvgIpc) is 2.49. The monoisotopic (exact) mass is 278 g/mol. The Morgan fingerprint density at radius 1 is 0.900 bits per heavy atom. The third-order valence-electron chi connectivity index (χ3n) is 3.14. The van der Waals surface area contributed by atoms with Crippen LogP contribution in [0.3, 0.4) is 0 Å². The molecule has 0 aliphatic carbocycles. The Morgan fingerprint density at radius 3 is 2.10 bits per heavy atom. The van der Waals surface area contributed by atoms with Crippen molar-refractivity contribution in [1.82, 2.24) is 0 Å². The summed E-state index contributed by atoms with van der Waals surface area (Å²) in [7, 11) is 2.22. The first-order valence-electron chi connectivity index (χ1n) is 6.20. The number of halogens is 2. The smallest absolute Gasteiger partial charge is 0.368 e. The zero-order valence-electron chi connectivity index (χ0n) is 11.3. The molecule has 1 unspecified atom stereocenters. The predicted octanol–water partition coefficient (Wildman–Crippen LogP) is 4.28. The van der Waals surface area contributed by atoms with Gasteiger partial charge in [-0.05, 0) is 16.7 Å². The molecule has 0 amide bonds. The lowest BCUT2D eigenvalue weighted by Crippen LogP contribution is -2.30. The molecule has 1 atom stereocenters. The van der Waals surface area contributed by atoms with Crippen LogP contribution in [0.2, 0.25) is 0 Å². The molecule has 20 heavy (non-hydrogen) atoms. The molecule has 4 heteroatoms. The zero-order valence-corrected chi connectivity index (χ0v) is 11.3. The van der Waals surface area contributed by atoms with Crippen molar-refractivity contribution in [2.45, 2.75) is 12.2 Å². The lowest BCUT2D eigenvalue weighted by atomic mass is 9.95. The third-order valence-corrected chi connectivity index (χ3v) is 3.14. The standard InChI is InChI=1S/C16H16F2O2/c1-19-15(16(17,18)20-2)14-11-7-6-10-13(14)12-8-4-3-5-9-12/h3-11,15H,1-2H3. The van der Waals surface area contributed by atoms with Crippen molar-refractivity contribution in [2.75, 3.05) is 14.2 Å². The molecule has 2 nitrogen and oxygen atoms in total. The Labute approximate surface area is 117 Å². The van der Waals surface area contributed by atoms with Crippen LogP contribution in [0, 0.1) is 0 Å². The van der Waals surface area contributed by atoms with E-state index in [-0.39, 0.29) is 0 Å². The Balaban J connectivity index is 2.52. The van der Waals surface area contributed by atoms with Gasteiger partial charge >= 0.3 is 6.11 Å². The molecule has 0 saturated carbocycles. The molecule has 0 aliphatic rings. The third kappa shape index (κ3) is 2.86. The maximum atomic E-state index is 13.9. The van der Waals surface area contributed by atoms with Crippen molar-refractivity contribution >= 4 is 0 Å². The van der Waals surface area contributed by atoms with E-state index >= 15 is 0 Å². The fraction of sp³-hybridized carbons (Fsp3) is 0.250. The van der Waals surface area contributed by atoms with Crippen molar-refractivity contribution < 1.29 is 18.3 Å². The molecular formula is C16H16F2O2. The van der Waals surface area contributed by atoms with E-state index in [0.29, 0.717) is 11.1 Å². The van der Waals surface area contributed by atoms with Gasteiger partial charge in [-0.3, -0.25) is 0 Å². The van der Waals surface area contributed by atoms with E-state index < -0.39 is 12.2 Å². The van der Waals surface area contributed by atoms with Gasteiger partial charge in [0.15, 0.2) is 6.10 Å². The molecule has 0 radical (unpaired) electrons. The predicted molar refractivity (Wildman–Crippen MR) is 73.6 cm³/mol. The van der Waals surface area contributed by atoms with Crippen LogP contribution in [0.1, 0.15) is 11.7 Å². The fourth-order valence-electron chi connectivity index (χ4n) is 2.16. The Morgan fingerprint density at radius 2 is 1.50 bits per heavy atom. The van der Waals surface area contributed by atoms with Crippen molar-refractivity contribution in [3.8, 4) is 11.1 Å². The van der Waals surface area contributed by atoms with Gasteiger partial charge in [-0.2, -0.15) is 8.78 Å². The summed E-state index contributed by atoms with van der Waals surface area (Å²) in [5, 5.41) is 0. The van der Waals surface area contributed by atoms with Gasteiger partial charge in [0.05, 0.1) is 0 Å². The Hall–Kier alpha value is -1.78.